The first-order chi connectivity index (χ1) is 9.54. The second-order valence-corrected chi connectivity index (χ2v) is 5.87. The number of halogens is 6. The predicted molar refractivity (Wildman–Crippen MR) is 74.7 cm³/mol. The number of amides is 1. The molecule has 2 rings (SSSR count). The maximum absolute atomic E-state index is 14.2. The first-order valence-corrected chi connectivity index (χ1v) is 6.40. The molecule has 9 heteroatoms. The molecule has 1 N–H and O–H groups in total. The van der Waals surface area contributed by atoms with E-state index in [1.165, 1.54) is 0 Å². The van der Waals surface area contributed by atoms with E-state index in [-0.39, 0.29) is 19.0 Å². The number of alkyl halides is 3. The van der Waals surface area contributed by atoms with Crippen molar-refractivity contribution in [3.63, 3.8) is 0 Å². The molecule has 0 aliphatic carbocycles. The zero-order chi connectivity index (χ0) is 16.0. The molecule has 0 radical (unpaired) electrons. The van der Waals surface area contributed by atoms with Gasteiger partial charge in [0.25, 0.3) is 0 Å². The molecular formula is C13H13Cl2F4NO2. The zero-order valence-corrected chi connectivity index (χ0v) is 13.1. The number of nitrogens with one attached hydrogen (secondary N) is 1. The Bertz CT molecular complexity index is 590. The number of ether oxygens (including phenoxy) is 1. The van der Waals surface area contributed by atoms with Gasteiger partial charge in [-0.05, 0) is 12.1 Å². The van der Waals surface area contributed by atoms with Crippen molar-refractivity contribution in [2.45, 2.75) is 26.1 Å². The minimum absolute atomic E-state index is 0. The number of carbonyl (C=O) groups is 1. The second kappa shape index (κ2) is 6.12. The van der Waals surface area contributed by atoms with Crippen LogP contribution in [-0.2, 0) is 10.9 Å². The maximum atomic E-state index is 14.2. The largest absolute Gasteiger partial charge is 0.449 e. The van der Waals surface area contributed by atoms with Crippen molar-refractivity contribution < 1.29 is 27.1 Å². The van der Waals surface area contributed by atoms with Gasteiger partial charge in [-0.15, -0.1) is 12.4 Å². The van der Waals surface area contributed by atoms with Crippen LogP contribution in [0.3, 0.4) is 0 Å². The molecule has 0 unspecified atom stereocenters. The Morgan fingerprint density at radius 2 is 1.95 bits per heavy atom. The molecule has 0 saturated carbocycles. The predicted octanol–water partition coefficient (Wildman–Crippen LogP) is 4.73. The monoisotopic (exact) mass is 361 g/mol. The fourth-order valence-corrected chi connectivity index (χ4v) is 2.41. The summed E-state index contributed by atoms with van der Waals surface area (Å²) in [5.41, 5.74) is -2.76. The summed E-state index contributed by atoms with van der Waals surface area (Å²) < 4.78 is 58.3. The summed E-state index contributed by atoms with van der Waals surface area (Å²) in [5, 5.41) is 1.81. The molecule has 3 nitrogen and oxygen atoms in total. The lowest BCUT2D eigenvalue weighted by atomic mass is 9.78. The van der Waals surface area contributed by atoms with Crippen LogP contribution in [-0.4, -0.2) is 12.7 Å². The Morgan fingerprint density at radius 3 is 2.50 bits per heavy atom. The molecule has 1 aromatic rings. The number of cyclic esters (lactones) is 1. The van der Waals surface area contributed by atoms with Crippen molar-refractivity contribution in [3.05, 3.63) is 34.1 Å². The summed E-state index contributed by atoms with van der Waals surface area (Å²) in [6.45, 7) is 3.00. The lowest BCUT2D eigenvalue weighted by Crippen LogP contribution is -2.48. The highest BCUT2D eigenvalue weighted by Gasteiger charge is 2.45. The summed E-state index contributed by atoms with van der Waals surface area (Å²) >= 11 is 5.60. The van der Waals surface area contributed by atoms with E-state index in [0.717, 1.165) is 6.07 Å². The molecule has 1 aliphatic rings. The number of hydrogen-bond acceptors (Lipinski definition) is 2. The fraction of sp³-hybridized carbons (Fsp3) is 0.462. The molecule has 124 valence electrons. The van der Waals surface area contributed by atoms with Gasteiger partial charge in [0.2, 0.25) is 0 Å². The standard InChI is InChI=1S/C13H12ClF4NO2.ClH/c1-12(2)5-21-11(20)19-10(12)8-6(13(16,17)18)3-4-7(14)9(8)15;/h3-4,10H,5H2,1-2H3,(H,19,20);1H/t10-;/m0./s1. The summed E-state index contributed by atoms with van der Waals surface area (Å²) in [7, 11) is 0. The van der Waals surface area contributed by atoms with E-state index in [2.05, 4.69) is 5.32 Å². The molecule has 1 amide bonds. The van der Waals surface area contributed by atoms with E-state index >= 15 is 0 Å². The third kappa shape index (κ3) is 3.41. The minimum Gasteiger partial charge on any atom is -0.449 e. The van der Waals surface area contributed by atoms with Gasteiger partial charge in [0.1, 0.15) is 12.4 Å². The number of carbonyl (C=O) groups excluding carboxylic acids is 1. The van der Waals surface area contributed by atoms with Crippen molar-refractivity contribution in [1.29, 1.82) is 0 Å². The van der Waals surface area contributed by atoms with Crippen molar-refractivity contribution >= 4 is 30.1 Å². The van der Waals surface area contributed by atoms with E-state index in [4.69, 9.17) is 16.3 Å². The Labute approximate surface area is 135 Å². The average Bonchev–Trinajstić information content (AvgIpc) is 2.34. The third-order valence-corrected chi connectivity index (χ3v) is 3.64. The normalized spacial score (nSPS) is 20.7. The zero-order valence-electron chi connectivity index (χ0n) is 11.6. The molecule has 0 bridgehead atoms. The first-order valence-electron chi connectivity index (χ1n) is 6.02. The van der Waals surface area contributed by atoms with Crippen molar-refractivity contribution in [3.8, 4) is 0 Å². The molecule has 1 fully saturated rings. The van der Waals surface area contributed by atoms with E-state index in [9.17, 15) is 22.4 Å². The third-order valence-electron chi connectivity index (χ3n) is 3.35. The lowest BCUT2D eigenvalue weighted by molar-refractivity contribution is -0.139. The van der Waals surface area contributed by atoms with Gasteiger partial charge >= 0.3 is 12.3 Å². The van der Waals surface area contributed by atoms with Gasteiger partial charge in [0.05, 0.1) is 16.6 Å². The Morgan fingerprint density at radius 1 is 1.36 bits per heavy atom. The van der Waals surface area contributed by atoms with E-state index < -0.39 is 45.7 Å². The van der Waals surface area contributed by atoms with Crippen LogP contribution >= 0.6 is 24.0 Å². The molecule has 1 aromatic carbocycles. The van der Waals surface area contributed by atoms with Gasteiger partial charge in [-0.25, -0.2) is 9.18 Å². The lowest BCUT2D eigenvalue weighted by Gasteiger charge is -2.39. The number of benzene rings is 1. The second-order valence-electron chi connectivity index (χ2n) is 5.46. The van der Waals surface area contributed by atoms with Gasteiger partial charge in [-0.3, -0.25) is 0 Å². The van der Waals surface area contributed by atoms with Gasteiger partial charge in [-0.2, -0.15) is 13.2 Å². The first kappa shape index (κ1) is 18.8. The molecule has 1 heterocycles. The maximum Gasteiger partial charge on any atom is 0.416 e. The van der Waals surface area contributed by atoms with Gasteiger partial charge in [0, 0.05) is 11.0 Å². The summed E-state index contributed by atoms with van der Waals surface area (Å²) in [6, 6.07) is 0.351. The van der Waals surface area contributed by atoms with E-state index in [0.29, 0.717) is 6.07 Å². The molecule has 0 spiro atoms. The smallest absolute Gasteiger partial charge is 0.416 e. The van der Waals surface area contributed by atoms with Gasteiger partial charge in [0.15, 0.2) is 0 Å². The number of alkyl carbamates (subject to hydrolysis) is 1. The van der Waals surface area contributed by atoms with Crippen LogP contribution in [0, 0.1) is 11.2 Å². The quantitative estimate of drug-likeness (QED) is 0.734. The molecule has 1 atom stereocenters. The van der Waals surface area contributed by atoms with Crippen molar-refractivity contribution in [2.24, 2.45) is 5.41 Å². The highest BCUT2D eigenvalue weighted by Crippen LogP contribution is 2.44. The van der Waals surface area contributed by atoms with Crippen LogP contribution in [0.4, 0.5) is 22.4 Å². The summed E-state index contributed by atoms with van der Waals surface area (Å²) in [4.78, 5) is 11.3. The Kier molecular flexibility index (Phi) is 5.24. The van der Waals surface area contributed by atoms with Crippen LogP contribution in [0.15, 0.2) is 12.1 Å². The highest BCUT2D eigenvalue weighted by molar-refractivity contribution is 6.30. The molecule has 22 heavy (non-hydrogen) atoms. The Balaban J connectivity index is 0.00000242. The van der Waals surface area contributed by atoms with Crippen LogP contribution in [0.5, 0.6) is 0 Å². The van der Waals surface area contributed by atoms with Crippen LogP contribution in [0.2, 0.25) is 5.02 Å². The van der Waals surface area contributed by atoms with Crippen LogP contribution < -0.4 is 5.32 Å². The van der Waals surface area contributed by atoms with Crippen molar-refractivity contribution in [1.82, 2.24) is 5.32 Å². The summed E-state index contributed by atoms with van der Waals surface area (Å²) in [6.07, 6.45) is -5.66. The SMILES string of the molecule is CC1(C)COC(=O)N[C@H]1c1c(C(F)(F)F)ccc(Cl)c1F.Cl. The molecular weight excluding hydrogens is 349 g/mol. The highest BCUT2D eigenvalue weighted by atomic mass is 35.5. The molecule has 1 saturated heterocycles. The summed E-state index contributed by atoms with van der Waals surface area (Å²) in [5.74, 6) is -1.19. The van der Waals surface area contributed by atoms with Crippen molar-refractivity contribution in [2.75, 3.05) is 6.61 Å². The number of rotatable bonds is 1. The molecule has 1 aliphatic heterocycles. The topological polar surface area (TPSA) is 38.3 Å². The average molecular weight is 362 g/mol. The van der Waals surface area contributed by atoms with Gasteiger partial charge in [-0.1, -0.05) is 25.4 Å². The van der Waals surface area contributed by atoms with Crippen LogP contribution in [0.1, 0.15) is 31.0 Å². The van der Waals surface area contributed by atoms with Crippen LogP contribution in [0.25, 0.3) is 0 Å². The Hall–Kier alpha value is -1.21. The van der Waals surface area contributed by atoms with E-state index in [1.54, 1.807) is 13.8 Å². The fourth-order valence-electron chi connectivity index (χ4n) is 2.25. The molecule has 0 aromatic heterocycles. The number of hydrogen-bond donors (Lipinski definition) is 1. The minimum atomic E-state index is -4.76. The van der Waals surface area contributed by atoms with Gasteiger partial charge < -0.3 is 10.1 Å². The van der Waals surface area contributed by atoms with E-state index in [1.807, 2.05) is 0 Å².